The Bertz CT molecular complexity index is 830. The number of nitrogens with one attached hydrogen (secondary N) is 2. The molecule has 2 unspecified atom stereocenters. The van der Waals surface area contributed by atoms with Gasteiger partial charge < -0.3 is 10.6 Å². The number of allylic oxidation sites excluding steroid dienone is 5. The zero-order valence-electron chi connectivity index (χ0n) is 14.0. The molecule has 1 aliphatic heterocycles. The zero-order chi connectivity index (χ0) is 18.7. The number of alkyl halides is 2. The fourth-order valence-corrected chi connectivity index (χ4v) is 2.95. The number of rotatable bonds is 5. The molecule has 7 heteroatoms. The van der Waals surface area contributed by atoms with E-state index in [4.69, 9.17) is 23.2 Å². The Labute approximate surface area is 161 Å². The third-order valence-electron chi connectivity index (χ3n) is 4.10. The fourth-order valence-electron chi connectivity index (χ4n) is 2.53. The predicted octanol–water partition coefficient (Wildman–Crippen LogP) is 4.80. The van der Waals surface area contributed by atoms with Gasteiger partial charge in [0, 0.05) is 12.1 Å². The van der Waals surface area contributed by atoms with E-state index < -0.39 is 17.0 Å². The summed E-state index contributed by atoms with van der Waals surface area (Å²) in [6.07, 6.45) is 9.10. The highest BCUT2D eigenvalue weighted by Crippen LogP contribution is 2.51. The second-order valence-electron chi connectivity index (χ2n) is 6.23. The summed E-state index contributed by atoms with van der Waals surface area (Å²) in [6, 6.07) is 7.25. The van der Waals surface area contributed by atoms with Gasteiger partial charge in [0.15, 0.2) is 5.13 Å². The monoisotopic (exact) mass is 393 g/mol. The molecule has 1 amide bonds. The molecule has 136 valence electrons. The Morgan fingerprint density at radius 3 is 2.88 bits per heavy atom. The van der Waals surface area contributed by atoms with E-state index in [1.807, 2.05) is 49.4 Å². The van der Waals surface area contributed by atoms with Crippen molar-refractivity contribution in [2.24, 2.45) is 10.9 Å². The standard InChI is InChI=1S/C19H18Cl2FN3O/c1-12(23-17-9-4-2-3-8-16(20)25-17)13-6-5-7-14(10-13)24-18(26)15-11-19(15,21)22/h2-10,12,15H,11H2,1H3,(H,23,25)(H,24,26)/t12-,15?,19?/m0/s1. The van der Waals surface area contributed by atoms with Crippen LogP contribution in [0.1, 0.15) is 24.9 Å². The van der Waals surface area contributed by atoms with Crippen molar-refractivity contribution >= 4 is 40.0 Å². The summed E-state index contributed by atoms with van der Waals surface area (Å²) in [5.41, 5.74) is 1.53. The van der Waals surface area contributed by atoms with Crippen molar-refractivity contribution in [3.8, 4) is 0 Å². The number of carbonyl (C=O) groups excluding carboxylic acids is 1. The summed E-state index contributed by atoms with van der Waals surface area (Å²) in [5, 5.41) is 4.46. The Balaban J connectivity index is 1.67. The first kappa shape index (κ1) is 18.7. The van der Waals surface area contributed by atoms with Crippen LogP contribution in [0.25, 0.3) is 0 Å². The largest absolute Gasteiger partial charge is 0.364 e. The van der Waals surface area contributed by atoms with Crippen LogP contribution in [0, 0.1) is 5.92 Å². The van der Waals surface area contributed by atoms with Gasteiger partial charge in [-0.15, -0.1) is 0 Å². The van der Waals surface area contributed by atoms with Gasteiger partial charge in [-0.05, 0) is 36.8 Å². The number of carbonyl (C=O) groups is 1. The molecule has 2 aliphatic rings. The Hall–Kier alpha value is -2.11. The second-order valence-corrected chi connectivity index (χ2v) is 7.24. The molecule has 1 saturated carbocycles. The Morgan fingerprint density at radius 1 is 1.38 bits per heavy atom. The highest BCUT2D eigenvalue weighted by atomic mass is 35.5. The predicted molar refractivity (Wildman–Crippen MR) is 104 cm³/mol. The number of benzene rings is 1. The minimum Gasteiger partial charge on any atom is -0.364 e. The van der Waals surface area contributed by atoms with Crippen LogP contribution in [-0.4, -0.2) is 16.2 Å². The summed E-state index contributed by atoms with van der Waals surface area (Å²) in [6.45, 7) is 1.97. The molecule has 0 aromatic heterocycles. The number of halogens is 3. The molecule has 0 saturated heterocycles. The molecule has 1 aromatic rings. The lowest BCUT2D eigenvalue weighted by molar-refractivity contribution is -0.117. The van der Waals surface area contributed by atoms with Gasteiger partial charge in [-0.3, -0.25) is 4.79 Å². The van der Waals surface area contributed by atoms with Crippen LogP contribution in [0.2, 0.25) is 0 Å². The van der Waals surface area contributed by atoms with Crippen molar-refractivity contribution in [2.75, 3.05) is 5.32 Å². The van der Waals surface area contributed by atoms with Crippen LogP contribution < -0.4 is 10.6 Å². The summed E-state index contributed by atoms with van der Waals surface area (Å²) in [7, 11) is 0. The first-order chi connectivity index (χ1) is 12.3. The number of nitrogens with zero attached hydrogens (tertiary/aromatic N) is 1. The molecule has 1 aliphatic carbocycles. The van der Waals surface area contributed by atoms with Gasteiger partial charge in [-0.1, -0.05) is 53.6 Å². The maximum Gasteiger partial charge on any atom is 0.232 e. The molecule has 4 nitrogen and oxygen atoms in total. The van der Waals surface area contributed by atoms with E-state index in [2.05, 4.69) is 15.6 Å². The summed E-state index contributed by atoms with van der Waals surface area (Å²) >= 11 is 11.5. The minimum atomic E-state index is -1.90. The summed E-state index contributed by atoms with van der Waals surface area (Å²) < 4.78 is 13.4. The van der Waals surface area contributed by atoms with Crippen LogP contribution in [0.3, 0.4) is 0 Å². The number of aliphatic imine (C=N–C) groups is 1. The molecule has 0 bridgehead atoms. The van der Waals surface area contributed by atoms with Crippen molar-refractivity contribution in [2.45, 2.75) is 24.5 Å². The molecule has 1 fully saturated rings. The molecular weight excluding hydrogens is 376 g/mol. The quantitative estimate of drug-likeness (QED) is 0.705. The average molecular weight is 394 g/mol. The van der Waals surface area contributed by atoms with Crippen LogP contribution in [0.15, 0.2) is 65.5 Å². The molecular formula is C19H18Cl2FN3O. The maximum absolute atomic E-state index is 13.4. The molecule has 2 N–H and O–H groups in total. The van der Waals surface area contributed by atoms with E-state index >= 15 is 0 Å². The van der Waals surface area contributed by atoms with Crippen LogP contribution in [0.5, 0.6) is 0 Å². The van der Waals surface area contributed by atoms with Gasteiger partial charge in [0.1, 0.15) is 11.0 Å². The normalized spacial score (nSPS) is 31.9. The molecule has 0 spiro atoms. The van der Waals surface area contributed by atoms with Crippen molar-refractivity contribution in [3.05, 3.63) is 66.0 Å². The van der Waals surface area contributed by atoms with Crippen molar-refractivity contribution in [3.63, 3.8) is 0 Å². The van der Waals surface area contributed by atoms with E-state index in [-0.39, 0.29) is 12.5 Å². The summed E-state index contributed by atoms with van der Waals surface area (Å²) in [5.74, 6) is -0.573. The van der Waals surface area contributed by atoms with Crippen LogP contribution in [-0.2, 0) is 4.79 Å². The lowest BCUT2D eigenvalue weighted by Crippen LogP contribution is -2.19. The first-order valence-corrected chi connectivity index (χ1v) is 8.95. The highest BCUT2D eigenvalue weighted by Gasteiger charge is 2.58. The van der Waals surface area contributed by atoms with E-state index in [0.29, 0.717) is 16.7 Å². The van der Waals surface area contributed by atoms with Crippen molar-refractivity contribution in [1.82, 2.24) is 5.32 Å². The Kier molecular flexibility index (Phi) is 5.49. The van der Waals surface area contributed by atoms with Crippen molar-refractivity contribution in [1.29, 1.82) is 0 Å². The fraction of sp³-hybridized carbons (Fsp3) is 0.263. The minimum absolute atomic E-state index is 0.0485. The van der Waals surface area contributed by atoms with Gasteiger partial charge >= 0.3 is 0 Å². The molecule has 26 heavy (non-hydrogen) atoms. The zero-order valence-corrected chi connectivity index (χ0v) is 15.6. The molecule has 3 rings (SSSR count). The van der Waals surface area contributed by atoms with E-state index in [9.17, 15) is 9.18 Å². The maximum atomic E-state index is 13.4. The van der Waals surface area contributed by atoms with Gasteiger partial charge in [0.2, 0.25) is 5.91 Å². The van der Waals surface area contributed by atoms with E-state index in [1.165, 1.54) is 0 Å². The number of hydrogen-bond acceptors (Lipinski definition) is 3. The van der Waals surface area contributed by atoms with Gasteiger partial charge in [-0.25, -0.2) is 9.38 Å². The number of amides is 1. The second kappa shape index (κ2) is 7.64. The van der Waals surface area contributed by atoms with Crippen LogP contribution in [0.4, 0.5) is 10.1 Å². The number of hydrogen-bond donors (Lipinski definition) is 2. The molecule has 1 heterocycles. The first-order valence-electron chi connectivity index (χ1n) is 8.19. The molecule has 3 atom stereocenters. The lowest BCUT2D eigenvalue weighted by atomic mass is 10.1. The van der Waals surface area contributed by atoms with E-state index in [1.54, 1.807) is 12.1 Å². The summed E-state index contributed by atoms with van der Waals surface area (Å²) in [4.78, 5) is 16.3. The lowest BCUT2D eigenvalue weighted by Gasteiger charge is -2.17. The SMILES string of the molecule is C[C@H](NC1=C/C=C/C=C/C(Cl)=N\1)c1cccc(NC(=O)C2CC2(F)Cl)c1. The van der Waals surface area contributed by atoms with Gasteiger partial charge in [-0.2, -0.15) is 0 Å². The van der Waals surface area contributed by atoms with E-state index in [0.717, 1.165) is 5.56 Å². The number of anilines is 1. The smallest absolute Gasteiger partial charge is 0.232 e. The highest BCUT2D eigenvalue weighted by molar-refractivity contribution is 6.68. The van der Waals surface area contributed by atoms with Crippen LogP contribution >= 0.6 is 23.2 Å². The topological polar surface area (TPSA) is 53.5 Å². The van der Waals surface area contributed by atoms with Gasteiger partial charge in [0.25, 0.3) is 0 Å². The molecule has 0 radical (unpaired) electrons. The third kappa shape index (κ3) is 4.74. The third-order valence-corrected chi connectivity index (χ3v) is 4.73. The van der Waals surface area contributed by atoms with Crippen molar-refractivity contribution < 1.29 is 9.18 Å². The Morgan fingerprint density at radius 2 is 2.15 bits per heavy atom. The van der Waals surface area contributed by atoms with Gasteiger partial charge in [0.05, 0.1) is 12.0 Å². The average Bonchev–Trinajstić information content (AvgIpc) is 3.21. The molecule has 1 aromatic carbocycles.